The Hall–Kier alpha value is -3.83. The van der Waals surface area contributed by atoms with Gasteiger partial charge in [-0.1, -0.05) is 26.7 Å². The van der Waals surface area contributed by atoms with E-state index in [1.54, 1.807) is 25.3 Å². The van der Waals surface area contributed by atoms with Crippen LogP contribution in [0.5, 0.6) is 0 Å². The Kier molecular flexibility index (Phi) is 7.32. The minimum Gasteiger partial charge on any atom is -0.378 e. The third-order valence-electron chi connectivity index (χ3n) is 6.02. The van der Waals surface area contributed by atoms with E-state index in [-0.39, 0.29) is 11.1 Å². The Morgan fingerprint density at radius 3 is 2.58 bits per heavy atom. The maximum atomic E-state index is 14.9. The number of halogens is 1. The minimum absolute atomic E-state index is 0.0834. The number of ether oxygens (including phenoxy) is 1. The molecule has 1 aromatic carbocycles. The second-order valence-corrected chi connectivity index (χ2v) is 9.75. The van der Waals surface area contributed by atoms with Crippen LogP contribution in [0.1, 0.15) is 55.0 Å². The normalized spacial score (nSPS) is 13.7. The molecule has 1 amide bonds. The predicted octanol–water partition coefficient (Wildman–Crippen LogP) is 4.74. The lowest BCUT2D eigenvalue weighted by molar-refractivity contribution is 0.102. The first-order chi connectivity index (χ1) is 17.2. The summed E-state index contributed by atoms with van der Waals surface area (Å²) in [5.41, 5.74) is 4.72. The Bertz CT molecular complexity index is 1350. The summed E-state index contributed by atoms with van der Waals surface area (Å²) in [5, 5.41) is 10.8. The molecule has 7 nitrogen and oxygen atoms in total. The highest BCUT2D eigenvalue weighted by atomic mass is 19.1. The van der Waals surface area contributed by atoms with Gasteiger partial charge < -0.3 is 15.0 Å². The fourth-order valence-corrected chi connectivity index (χ4v) is 3.99. The number of amides is 1. The van der Waals surface area contributed by atoms with Crippen molar-refractivity contribution in [3.63, 3.8) is 0 Å². The van der Waals surface area contributed by atoms with E-state index in [0.717, 1.165) is 35.5 Å². The Morgan fingerprint density at radius 1 is 1.14 bits per heavy atom. The largest absolute Gasteiger partial charge is 0.378 e. The third kappa shape index (κ3) is 5.52. The molecule has 3 heterocycles. The van der Waals surface area contributed by atoms with Gasteiger partial charge in [-0.15, -0.1) is 0 Å². The summed E-state index contributed by atoms with van der Waals surface area (Å²) < 4.78 is 20.4. The Labute approximate surface area is 211 Å². The summed E-state index contributed by atoms with van der Waals surface area (Å²) in [6.07, 6.45) is 3.11. The van der Waals surface area contributed by atoms with E-state index in [1.165, 1.54) is 12.3 Å². The lowest BCUT2D eigenvalue weighted by atomic mass is 9.91. The van der Waals surface area contributed by atoms with Gasteiger partial charge in [0.2, 0.25) is 0 Å². The number of aryl methyl sites for hydroxylation is 1. The fraction of sp³-hybridized carbons (Fsp3) is 0.357. The molecule has 4 rings (SSSR count). The molecule has 0 spiro atoms. The van der Waals surface area contributed by atoms with Gasteiger partial charge in [0.1, 0.15) is 11.5 Å². The topological polar surface area (TPSA) is 80.2 Å². The Morgan fingerprint density at radius 2 is 1.89 bits per heavy atom. The summed E-state index contributed by atoms with van der Waals surface area (Å²) in [4.78, 5) is 19.8. The van der Waals surface area contributed by atoms with Gasteiger partial charge in [-0.3, -0.25) is 4.79 Å². The van der Waals surface area contributed by atoms with Crippen LogP contribution in [0, 0.1) is 24.6 Å². The van der Waals surface area contributed by atoms with E-state index >= 15 is 0 Å². The number of benzene rings is 1. The monoisotopic (exact) mass is 487 g/mol. The summed E-state index contributed by atoms with van der Waals surface area (Å²) in [6.45, 7) is 12.3. The number of hydrogen-bond acceptors (Lipinski definition) is 6. The lowest BCUT2D eigenvalue weighted by Crippen LogP contribution is -2.36. The van der Waals surface area contributed by atoms with Gasteiger partial charge >= 0.3 is 0 Å². The molecule has 0 unspecified atom stereocenters. The maximum absolute atomic E-state index is 14.9. The molecule has 3 aromatic rings. The smallest absolute Gasteiger partial charge is 0.257 e. The number of nitrogens with zero attached hydrogens (tertiary/aromatic N) is 4. The van der Waals surface area contributed by atoms with Gasteiger partial charge in [-0.05, 0) is 55.2 Å². The van der Waals surface area contributed by atoms with Crippen molar-refractivity contribution < 1.29 is 13.9 Å². The molecular weight excluding hydrogens is 457 g/mol. The van der Waals surface area contributed by atoms with Crippen molar-refractivity contribution in [3.05, 3.63) is 65.0 Å². The van der Waals surface area contributed by atoms with E-state index in [9.17, 15) is 9.18 Å². The average Bonchev–Trinajstić information content (AvgIpc) is 2.86. The zero-order chi connectivity index (χ0) is 25.9. The van der Waals surface area contributed by atoms with Crippen molar-refractivity contribution >= 4 is 17.3 Å². The molecule has 1 N–H and O–H groups in total. The molecule has 0 saturated carbocycles. The van der Waals surface area contributed by atoms with Crippen LogP contribution in [-0.4, -0.2) is 47.4 Å². The molecule has 1 saturated heterocycles. The molecule has 2 aromatic heterocycles. The van der Waals surface area contributed by atoms with Crippen molar-refractivity contribution in [2.75, 3.05) is 36.5 Å². The zero-order valence-corrected chi connectivity index (χ0v) is 21.3. The summed E-state index contributed by atoms with van der Waals surface area (Å²) >= 11 is 0. The van der Waals surface area contributed by atoms with Crippen molar-refractivity contribution in [2.45, 2.75) is 40.0 Å². The van der Waals surface area contributed by atoms with Gasteiger partial charge in [0.25, 0.3) is 5.91 Å². The highest BCUT2D eigenvalue weighted by molar-refractivity contribution is 6.04. The fourth-order valence-electron chi connectivity index (χ4n) is 3.99. The number of carbonyl (C=O) groups is 1. The molecule has 1 fully saturated rings. The number of nitrogens with one attached hydrogen (secondary N) is 1. The maximum Gasteiger partial charge on any atom is 0.257 e. The first-order valence-electron chi connectivity index (χ1n) is 11.9. The van der Waals surface area contributed by atoms with Crippen molar-refractivity contribution in [1.82, 2.24) is 15.2 Å². The standard InChI is InChI=1S/C28H30FN5O2/c1-6-7-23-25(34-8-10-36-11-9-34)13-19(16-30-23)21-15-24(22(29)12-18(21)2)32-27(35)20-14-26(28(3,4)5)33-31-17-20/h12-17H,8-11H2,1-5H3,(H,32,35). The Balaban J connectivity index is 1.69. The average molecular weight is 488 g/mol. The van der Waals surface area contributed by atoms with Crippen LogP contribution >= 0.6 is 0 Å². The molecule has 0 bridgehead atoms. The lowest BCUT2D eigenvalue weighted by Gasteiger charge is -2.29. The van der Waals surface area contributed by atoms with Crippen molar-refractivity contribution in [2.24, 2.45) is 0 Å². The molecule has 0 aliphatic carbocycles. The van der Waals surface area contributed by atoms with Crippen LogP contribution in [0.15, 0.2) is 36.7 Å². The van der Waals surface area contributed by atoms with Crippen LogP contribution in [0.3, 0.4) is 0 Å². The quantitative estimate of drug-likeness (QED) is 0.536. The molecule has 1 aliphatic rings. The first-order valence-corrected chi connectivity index (χ1v) is 11.9. The molecule has 0 radical (unpaired) electrons. The van der Waals surface area contributed by atoms with E-state index in [1.807, 2.05) is 33.8 Å². The number of hydrogen-bond donors (Lipinski definition) is 1. The van der Waals surface area contributed by atoms with Gasteiger partial charge in [-0.25, -0.2) is 9.37 Å². The van der Waals surface area contributed by atoms with E-state index in [4.69, 9.17) is 4.74 Å². The molecule has 0 atom stereocenters. The van der Waals surface area contributed by atoms with Crippen LogP contribution in [0.4, 0.5) is 15.8 Å². The minimum atomic E-state index is -0.516. The zero-order valence-electron chi connectivity index (χ0n) is 21.3. The van der Waals surface area contributed by atoms with Crippen LogP contribution < -0.4 is 10.2 Å². The van der Waals surface area contributed by atoms with E-state index in [0.29, 0.717) is 30.2 Å². The summed E-state index contributed by atoms with van der Waals surface area (Å²) in [5.74, 6) is 5.03. The third-order valence-corrected chi connectivity index (χ3v) is 6.02. The molecule has 36 heavy (non-hydrogen) atoms. The molecule has 8 heteroatoms. The number of rotatable bonds is 4. The number of aromatic nitrogens is 3. The summed E-state index contributed by atoms with van der Waals surface area (Å²) in [7, 11) is 0. The van der Waals surface area contributed by atoms with E-state index < -0.39 is 11.7 Å². The molecule has 186 valence electrons. The predicted molar refractivity (Wildman–Crippen MR) is 139 cm³/mol. The van der Waals surface area contributed by atoms with Gasteiger partial charge in [0, 0.05) is 30.3 Å². The SMILES string of the molecule is CC#Cc1ncc(-c2cc(NC(=O)c3cnnc(C(C)(C)C)c3)c(F)cc2C)cc1N1CCOCC1. The van der Waals surface area contributed by atoms with Gasteiger partial charge in [0.05, 0.1) is 42.0 Å². The number of morpholine rings is 1. The van der Waals surface area contributed by atoms with Gasteiger partial charge in [-0.2, -0.15) is 10.2 Å². The molecule has 1 aliphatic heterocycles. The van der Waals surface area contributed by atoms with E-state index in [2.05, 4.69) is 37.2 Å². The highest BCUT2D eigenvalue weighted by Crippen LogP contribution is 2.32. The van der Waals surface area contributed by atoms with Crippen LogP contribution in [0.25, 0.3) is 11.1 Å². The molecular formula is C28H30FN5O2. The first kappa shape index (κ1) is 25.3. The van der Waals surface area contributed by atoms with Crippen molar-refractivity contribution in [1.29, 1.82) is 0 Å². The second-order valence-electron chi connectivity index (χ2n) is 9.75. The van der Waals surface area contributed by atoms with Crippen LogP contribution in [-0.2, 0) is 10.2 Å². The number of pyridine rings is 1. The van der Waals surface area contributed by atoms with Crippen molar-refractivity contribution in [3.8, 4) is 23.0 Å². The van der Waals surface area contributed by atoms with Gasteiger partial charge in [0.15, 0.2) is 0 Å². The number of anilines is 2. The summed E-state index contributed by atoms with van der Waals surface area (Å²) in [6, 6.07) is 6.77. The van der Waals surface area contributed by atoms with Crippen LogP contribution in [0.2, 0.25) is 0 Å². The highest BCUT2D eigenvalue weighted by Gasteiger charge is 2.21. The number of carbonyl (C=O) groups excluding carboxylic acids is 1. The second kappa shape index (κ2) is 10.4.